The molecule has 7 nitrogen and oxygen atoms in total. The molecule has 0 spiro atoms. The number of para-hydroxylation sites is 1. The van der Waals surface area contributed by atoms with Crippen LogP contribution in [-0.4, -0.2) is 29.4 Å². The van der Waals surface area contributed by atoms with Crippen LogP contribution in [0.4, 0.5) is 11.4 Å². The number of fused-ring (bicyclic) bond motifs is 1. The first kappa shape index (κ1) is 22.7. The third kappa shape index (κ3) is 4.83. The fraction of sp³-hybridized carbons (Fsp3) is 0.0435. The van der Waals surface area contributed by atoms with Gasteiger partial charge in [0.25, 0.3) is 17.7 Å². The van der Waals surface area contributed by atoms with Crippen LogP contribution in [0.3, 0.4) is 0 Å². The molecule has 0 aromatic heterocycles. The first-order valence-electron chi connectivity index (χ1n) is 9.60. The maximum absolute atomic E-state index is 12.6. The van der Waals surface area contributed by atoms with E-state index in [9.17, 15) is 14.4 Å². The second-order valence-corrected chi connectivity index (χ2v) is 8.10. The molecule has 166 valence electrons. The van der Waals surface area contributed by atoms with Gasteiger partial charge in [-0.25, -0.2) is 4.90 Å². The minimum Gasteiger partial charge on any atom is -0.482 e. The van der Waals surface area contributed by atoms with Crippen LogP contribution in [-0.2, 0) is 4.79 Å². The zero-order chi connectivity index (χ0) is 23.5. The summed E-state index contributed by atoms with van der Waals surface area (Å²) in [4.78, 5) is 38.5. The maximum atomic E-state index is 12.6. The van der Waals surface area contributed by atoms with Crippen molar-refractivity contribution in [2.75, 3.05) is 16.8 Å². The van der Waals surface area contributed by atoms with Gasteiger partial charge in [-0.3, -0.25) is 19.7 Å². The Kier molecular flexibility index (Phi) is 6.60. The second kappa shape index (κ2) is 9.58. The quantitative estimate of drug-likeness (QED) is 0.391. The van der Waals surface area contributed by atoms with Crippen molar-refractivity contribution < 1.29 is 19.1 Å². The molecule has 0 atom stereocenters. The fourth-order valence-corrected chi connectivity index (χ4v) is 3.83. The smallest absolute Gasteiger partial charge is 0.266 e. The van der Waals surface area contributed by atoms with Gasteiger partial charge in [0.15, 0.2) is 11.7 Å². The van der Waals surface area contributed by atoms with Crippen molar-refractivity contribution in [1.82, 2.24) is 5.32 Å². The van der Waals surface area contributed by atoms with E-state index < -0.39 is 17.7 Å². The Morgan fingerprint density at radius 2 is 1.55 bits per heavy atom. The molecule has 0 radical (unpaired) electrons. The van der Waals surface area contributed by atoms with E-state index in [1.54, 1.807) is 60.7 Å². The molecule has 2 N–H and O–H groups in total. The number of carbonyl (C=O) groups excluding carboxylic acids is 3. The highest BCUT2D eigenvalue weighted by Gasteiger charge is 2.36. The van der Waals surface area contributed by atoms with Crippen molar-refractivity contribution in [2.45, 2.75) is 0 Å². The van der Waals surface area contributed by atoms with Crippen LogP contribution in [0.25, 0.3) is 0 Å². The van der Waals surface area contributed by atoms with Gasteiger partial charge in [0.05, 0.1) is 32.5 Å². The van der Waals surface area contributed by atoms with Gasteiger partial charge in [-0.15, -0.1) is 0 Å². The molecule has 1 heterocycles. The fourth-order valence-electron chi connectivity index (χ4n) is 3.19. The minimum absolute atomic E-state index is 0.00172. The molecule has 1 aliphatic heterocycles. The molecule has 1 aliphatic rings. The summed E-state index contributed by atoms with van der Waals surface area (Å²) < 4.78 is 5.37. The lowest BCUT2D eigenvalue weighted by atomic mass is 10.1. The molecule has 10 heteroatoms. The lowest BCUT2D eigenvalue weighted by Crippen LogP contribution is -2.37. The van der Waals surface area contributed by atoms with Gasteiger partial charge in [0, 0.05) is 0 Å². The SMILES string of the molecule is O=C(COc1ccccc1Cl)NC(=S)Nc1ccc(N2C(=O)c3ccccc3C2=O)cc1Cl. The molecule has 0 unspecified atom stereocenters. The number of thiocarbonyl (C=S) groups is 1. The molecule has 4 rings (SSSR count). The molecule has 0 fully saturated rings. The average Bonchev–Trinajstić information content (AvgIpc) is 3.05. The van der Waals surface area contributed by atoms with E-state index in [0.717, 1.165) is 4.90 Å². The summed E-state index contributed by atoms with van der Waals surface area (Å²) in [6.07, 6.45) is 0. The number of hydrogen-bond acceptors (Lipinski definition) is 5. The predicted molar refractivity (Wildman–Crippen MR) is 130 cm³/mol. The summed E-state index contributed by atoms with van der Waals surface area (Å²) >= 11 is 17.5. The van der Waals surface area contributed by atoms with Crippen molar-refractivity contribution in [2.24, 2.45) is 0 Å². The first-order valence-corrected chi connectivity index (χ1v) is 10.8. The van der Waals surface area contributed by atoms with Crippen molar-refractivity contribution in [3.8, 4) is 5.75 Å². The van der Waals surface area contributed by atoms with Crippen LogP contribution in [0.1, 0.15) is 20.7 Å². The number of rotatable bonds is 5. The van der Waals surface area contributed by atoms with E-state index in [1.807, 2.05) is 0 Å². The van der Waals surface area contributed by atoms with E-state index in [1.165, 1.54) is 6.07 Å². The highest BCUT2D eigenvalue weighted by atomic mass is 35.5. The highest BCUT2D eigenvalue weighted by molar-refractivity contribution is 7.80. The first-order chi connectivity index (χ1) is 15.8. The van der Waals surface area contributed by atoms with E-state index >= 15 is 0 Å². The van der Waals surface area contributed by atoms with Crippen molar-refractivity contribution in [1.29, 1.82) is 0 Å². The molecule has 3 aromatic carbocycles. The van der Waals surface area contributed by atoms with Crippen LogP contribution in [0.15, 0.2) is 66.7 Å². The Labute approximate surface area is 204 Å². The molecule has 0 saturated carbocycles. The topological polar surface area (TPSA) is 87.7 Å². The van der Waals surface area contributed by atoms with Crippen LogP contribution >= 0.6 is 35.4 Å². The number of ether oxygens (including phenoxy) is 1. The van der Waals surface area contributed by atoms with Crippen LogP contribution in [0, 0.1) is 0 Å². The lowest BCUT2D eigenvalue weighted by molar-refractivity contribution is -0.121. The number of carbonyl (C=O) groups is 3. The summed E-state index contributed by atoms with van der Waals surface area (Å²) in [5, 5.41) is 5.87. The van der Waals surface area contributed by atoms with Gasteiger partial charge < -0.3 is 10.1 Å². The standard InChI is InChI=1S/C23H15Cl2N3O4S/c24-16-7-3-4-8-19(16)32-12-20(29)27-23(33)26-18-10-9-13(11-17(18)25)28-21(30)14-5-1-2-6-15(14)22(28)31/h1-11H,12H2,(H2,26,27,29,33). The van der Waals surface area contributed by atoms with Gasteiger partial charge in [0.2, 0.25) is 0 Å². The third-order valence-corrected chi connectivity index (χ3v) is 5.53. The molecule has 0 bridgehead atoms. The Balaban J connectivity index is 1.38. The van der Waals surface area contributed by atoms with Gasteiger partial charge in [-0.05, 0) is 54.7 Å². The van der Waals surface area contributed by atoms with Gasteiger partial charge in [0.1, 0.15) is 5.75 Å². The lowest BCUT2D eigenvalue weighted by Gasteiger charge is -2.16. The normalized spacial score (nSPS) is 12.4. The second-order valence-electron chi connectivity index (χ2n) is 6.88. The van der Waals surface area contributed by atoms with Crippen LogP contribution in [0.2, 0.25) is 10.0 Å². The summed E-state index contributed by atoms with van der Waals surface area (Å²) in [6, 6.07) is 17.9. The number of halogens is 2. The monoisotopic (exact) mass is 499 g/mol. The zero-order valence-electron chi connectivity index (χ0n) is 16.8. The summed E-state index contributed by atoms with van der Waals surface area (Å²) in [5.41, 5.74) is 1.38. The predicted octanol–water partition coefficient (Wildman–Crippen LogP) is 4.69. The van der Waals surface area contributed by atoms with E-state index in [-0.39, 0.29) is 16.7 Å². The molecule has 0 saturated heterocycles. The van der Waals surface area contributed by atoms with E-state index in [0.29, 0.717) is 33.3 Å². The van der Waals surface area contributed by atoms with Crippen LogP contribution in [0.5, 0.6) is 5.75 Å². The van der Waals surface area contributed by atoms with Gasteiger partial charge in [-0.1, -0.05) is 47.5 Å². The molecule has 0 aliphatic carbocycles. The summed E-state index contributed by atoms with van der Waals surface area (Å²) in [5.74, 6) is -0.964. The van der Waals surface area contributed by atoms with E-state index in [2.05, 4.69) is 10.6 Å². The molecule has 3 amide bonds. The number of benzene rings is 3. The Hall–Kier alpha value is -3.46. The zero-order valence-corrected chi connectivity index (χ0v) is 19.1. The molecule has 33 heavy (non-hydrogen) atoms. The summed E-state index contributed by atoms with van der Waals surface area (Å²) in [6.45, 7) is -0.294. The number of hydrogen-bond donors (Lipinski definition) is 2. The minimum atomic E-state index is -0.494. The summed E-state index contributed by atoms with van der Waals surface area (Å²) in [7, 11) is 0. The molecular formula is C23H15Cl2N3O4S. The highest BCUT2D eigenvalue weighted by Crippen LogP contribution is 2.32. The largest absolute Gasteiger partial charge is 0.482 e. The number of nitrogens with one attached hydrogen (secondary N) is 2. The molecular weight excluding hydrogens is 485 g/mol. The van der Waals surface area contributed by atoms with Crippen LogP contribution < -0.4 is 20.3 Å². The Morgan fingerprint density at radius 3 is 2.18 bits per heavy atom. The van der Waals surface area contributed by atoms with Crippen molar-refractivity contribution in [3.63, 3.8) is 0 Å². The number of amides is 3. The third-order valence-electron chi connectivity index (χ3n) is 4.70. The van der Waals surface area contributed by atoms with E-state index in [4.69, 9.17) is 40.2 Å². The van der Waals surface area contributed by atoms with Gasteiger partial charge >= 0.3 is 0 Å². The average molecular weight is 500 g/mol. The Morgan fingerprint density at radius 1 is 0.909 bits per heavy atom. The number of nitrogens with zero attached hydrogens (tertiary/aromatic N) is 1. The number of imide groups is 1. The van der Waals surface area contributed by atoms with Crippen molar-refractivity contribution in [3.05, 3.63) is 87.9 Å². The number of anilines is 2. The molecule has 3 aromatic rings. The van der Waals surface area contributed by atoms with Crippen molar-refractivity contribution >= 4 is 69.6 Å². The maximum Gasteiger partial charge on any atom is 0.266 e. The van der Waals surface area contributed by atoms with Gasteiger partial charge in [-0.2, -0.15) is 0 Å². The Bertz CT molecular complexity index is 1260.